The summed E-state index contributed by atoms with van der Waals surface area (Å²) < 4.78 is 2.01. The van der Waals surface area contributed by atoms with Gasteiger partial charge in [-0.05, 0) is 37.8 Å². The first-order chi connectivity index (χ1) is 9.29. The third-order valence-electron chi connectivity index (χ3n) is 4.10. The molecule has 3 heteroatoms. The number of aryl methyl sites for hydroxylation is 1. The molecule has 1 aliphatic carbocycles. The molecule has 0 aliphatic heterocycles. The van der Waals surface area contributed by atoms with E-state index in [0.717, 1.165) is 18.9 Å². The zero-order chi connectivity index (χ0) is 13.2. The van der Waals surface area contributed by atoms with Crippen LogP contribution in [0.3, 0.4) is 0 Å². The third kappa shape index (κ3) is 2.66. The van der Waals surface area contributed by atoms with E-state index in [1.807, 2.05) is 11.7 Å². The van der Waals surface area contributed by atoms with Crippen molar-refractivity contribution in [2.75, 3.05) is 6.54 Å². The van der Waals surface area contributed by atoms with Gasteiger partial charge in [-0.2, -0.15) is 5.10 Å². The zero-order valence-electron chi connectivity index (χ0n) is 11.9. The Morgan fingerprint density at radius 1 is 1.37 bits per heavy atom. The van der Waals surface area contributed by atoms with Crippen molar-refractivity contribution in [1.29, 1.82) is 0 Å². The number of rotatable bonds is 6. The standard InChI is InChI=1S/C16H23N3/c1-3-10-17-14(12-8-9-12)11-15-13-6-4-5-7-16(13)19(2)18-15/h4-7,12,14,17H,3,8-11H2,1-2H3. The van der Waals surface area contributed by atoms with Crippen molar-refractivity contribution in [2.24, 2.45) is 13.0 Å². The van der Waals surface area contributed by atoms with Crippen LogP contribution < -0.4 is 5.32 Å². The second-order valence-electron chi connectivity index (χ2n) is 5.69. The van der Waals surface area contributed by atoms with E-state index in [1.165, 1.54) is 35.9 Å². The molecule has 3 nitrogen and oxygen atoms in total. The van der Waals surface area contributed by atoms with Crippen LogP contribution in [0.25, 0.3) is 10.9 Å². The highest BCUT2D eigenvalue weighted by molar-refractivity contribution is 5.81. The van der Waals surface area contributed by atoms with Gasteiger partial charge < -0.3 is 5.32 Å². The summed E-state index contributed by atoms with van der Waals surface area (Å²) in [6, 6.07) is 9.15. The fraction of sp³-hybridized carbons (Fsp3) is 0.562. The first-order valence-corrected chi connectivity index (χ1v) is 7.43. The molecule has 0 spiro atoms. The number of fused-ring (bicyclic) bond motifs is 1. The Balaban J connectivity index is 1.83. The zero-order valence-corrected chi connectivity index (χ0v) is 11.9. The molecule has 1 heterocycles. The minimum atomic E-state index is 0.609. The summed E-state index contributed by atoms with van der Waals surface area (Å²) in [7, 11) is 2.04. The van der Waals surface area contributed by atoms with Crippen LogP contribution in [-0.4, -0.2) is 22.4 Å². The van der Waals surface area contributed by atoms with Crippen LogP contribution in [0.2, 0.25) is 0 Å². The first kappa shape index (κ1) is 12.7. The van der Waals surface area contributed by atoms with Crippen LogP contribution in [-0.2, 0) is 13.5 Å². The molecule has 1 aromatic carbocycles. The Morgan fingerprint density at radius 2 is 2.16 bits per heavy atom. The maximum Gasteiger partial charge on any atom is 0.0718 e. The number of nitrogens with one attached hydrogen (secondary N) is 1. The summed E-state index contributed by atoms with van der Waals surface area (Å²) in [5.74, 6) is 0.868. The van der Waals surface area contributed by atoms with Gasteiger partial charge in [0.2, 0.25) is 0 Å². The molecule has 1 N–H and O–H groups in total. The lowest BCUT2D eigenvalue weighted by Crippen LogP contribution is -2.33. The molecule has 0 bridgehead atoms. The van der Waals surface area contributed by atoms with Crippen molar-refractivity contribution in [2.45, 2.75) is 38.6 Å². The number of hydrogen-bond acceptors (Lipinski definition) is 2. The molecule has 1 aromatic heterocycles. The van der Waals surface area contributed by atoms with Crippen LogP contribution in [0.15, 0.2) is 24.3 Å². The van der Waals surface area contributed by atoms with Gasteiger partial charge in [0.15, 0.2) is 0 Å². The van der Waals surface area contributed by atoms with Crippen LogP contribution in [0.5, 0.6) is 0 Å². The van der Waals surface area contributed by atoms with E-state index < -0.39 is 0 Å². The third-order valence-corrected chi connectivity index (χ3v) is 4.10. The lowest BCUT2D eigenvalue weighted by molar-refractivity contribution is 0.455. The minimum absolute atomic E-state index is 0.609. The van der Waals surface area contributed by atoms with Crippen LogP contribution in [0.1, 0.15) is 31.9 Å². The molecule has 19 heavy (non-hydrogen) atoms. The molecular formula is C16H23N3. The van der Waals surface area contributed by atoms with Gasteiger partial charge in [-0.15, -0.1) is 0 Å². The predicted molar refractivity (Wildman–Crippen MR) is 79.2 cm³/mol. The van der Waals surface area contributed by atoms with E-state index in [2.05, 4.69) is 36.5 Å². The number of aromatic nitrogens is 2. The molecule has 3 rings (SSSR count). The summed E-state index contributed by atoms with van der Waals surface area (Å²) in [6.07, 6.45) is 5.02. The summed E-state index contributed by atoms with van der Waals surface area (Å²) in [5, 5.41) is 9.74. The summed E-state index contributed by atoms with van der Waals surface area (Å²) in [4.78, 5) is 0. The molecular weight excluding hydrogens is 234 g/mol. The number of para-hydroxylation sites is 1. The molecule has 2 aromatic rings. The molecule has 1 unspecified atom stereocenters. The van der Waals surface area contributed by atoms with Crippen molar-refractivity contribution in [3.05, 3.63) is 30.0 Å². The van der Waals surface area contributed by atoms with Gasteiger partial charge in [-0.3, -0.25) is 4.68 Å². The largest absolute Gasteiger partial charge is 0.313 e. The minimum Gasteiger partial charge on any atom is -0.313 e. The monoisotopic (exact) mass is 257 g/mol. The van der Waals surface area contributed by atoms with E-state index in [9.17, 15) is 0 Å². The number of nitrogens with zero attached hydrogens (tertiary/aromatic N) is 2. The number of benzene rings is 1. The van der Waals surface area contributed by atoms with Gasteiger partial charge in [0.25, 0.3) is 0 Å². The first-order valence-electron chi connectivity index (χ1n) is 7.43. The van der Waals surface area contributed by atoms with Gasteiger partial charge in [0.05, 0.1) is 11.2 Å². The maximum absolute atomic E-state index is 4.72. The lowest BCUT2D eigenvalue weighted by Gasteiger charge is -2.16. The lowest BCUT2D eigenvalue weighted by atomic mass is 10.0. The Hall–Kier alpha value is -1.35. The van der Waals surface area contributed by atoms with Gasteiger partial charge in [-0.1, -0.05) is 25.1 Å². The topological polar surface area (TPSA) is 29.9 Å². The molecule has 0 radical (unpaired) electrons. The SMILES string of the molecule is CCCNC(Cc1nn(C)c2ccccc12)C1CC1. The average molecular weight is 257 g/mol. The van der Waals surface area contributed by atoms with E-state index in [1.54, 1.807) is 0 Å². The molecule has 102 valence electrons. The summed E-state index contributed by atoms with van der Waals surface area (Å²) in [6.45, 7) is 3.35. The van der Waals surface area contributed by atoms with Crippen molar-refractivity contribution in [3.63, 3.8) is 0 Å². The van der Waals surface area contributed by atoms with Gasteiger partial charge >= 0.3 is 0 Å². The molecule has 1 fully saturated rings. The quantitative estimate of drug-likeness (QED) is 0.862. The average Bonchev–Trinajstić information content (AvgIpc) is 3.22. The molecule has 0 amide bonds. The molecule has 1 saturated carbocycles. The van der Waals surface area contributed by atoms with E-state index in [-0.39, 0.29) is 0 Å². The fourth-order valence-corrected chi connectivity index (χ4v) is 2.88. The Labute approximate surface area is 115 Å². The van der Waals surface area contributed by atoms with Crippen molar-refractivity contribution >= 4 is 10.9 Å². The highest BCUT2D eigenvalue weighted by Gasteiger charge is 2.31. The highest BCUT2D eigenvalue weighted by Crippen LogP contribution is 2.34. The second-order valence-corrected chi connectivity index (χ2v) is 5.69. The van der Waals surface area contributed by atoms with E-state index in [0.29, 0.717) is 6.04 Å². The smallest absolute Gasteiger partial charge is 0.0718 e. The predicted octanol–water partition coefficient (Wildman–Crippen LogP) is 2.89. The van der Waals surface area contributed by atoms with Crippen molar-refractivity contribution in [1.82, 2.24) is 15.1 Å². The van der Waals surface area contributed by atoms with Crippen molar-refractivity contribution in [3.8, 4) is 0 Å². The maximum atomic E-state index is 4.72. The summed E-state index contributed by atoms with van der Waals surface area (Å²) in [5.41, 5.74) is 2.49. The Morgan fingerprint density at radius 3 is 2.89 bits per heavy atom. The van der Waals surface area contributed by atoms with Gasteiger partial charge in [0, 0.05) is 24.9 Å². The normalized spacial score (nSPS) is 16.9. The summed E-state index contributed by atoms with van der Waals surface area (Å²) >= 11 is 0. The molecule has 1 aliphatic rings. The molecule has 0 saturated heterocycles. The Bertz CT molecular complexity index is 554. The van der Waals surface area contributed by atoms with Crippen LogP contribution in [0, 0.1) is 5.92 Å². The van der Waals surface area contributed by atoms with Crippen LogP contribution >= 0.6 is 0 Å². The van der Waals surface area contributed by atoms with E-state index >= 15 is 0 Å². The van der Waals surface area contributed by atoms with Gasteiger partial charge in [0.1, 0.15) is 0 Å². The van der Waals surface area contributed by atoms with E-state index in [4.69, 9.17) is 5.10 Å². The highest BCUT2D eigenvalue weighted by atomic mass is 15.3. The fourth-order valence-electron chi connectivity index (χ4n) is 2.88. The second kappa shape index (κ2) is 5.33. The number of hydrogen-bond donors (Lipinski definition) is 1. The van der Waals surface area contributed by atoms with Gasteiger partial charge in [-0.25, -0.2) is 0 Å². The molecule has 1 atom stereocenters. The Kier molecular flexibility index (Phi) is 3.56. The van der Waals surface area contributed by atoms with Crippen LogP contribution in [0.4, 0.5) is 0 Å². The van der Waals surface area contributed by atoms with Crippen molar-refractivity contribution < 1.29 is 0 Å².